The van der Waals surface area contributed by atoms with Crippen LogP contribution in [0.5, 0.6) is 0 Å². The predicted octanol–water partition coefficient (Wildman–Crippen LogP) is 0.831. The van der Waals surface area contributed by atoms with Gasteiger partial charge >= 0.3 is 0 Å². The number of aryl methyl sites for hydroxylation is 1. The van der Waals surface area contributed by atoms with Crippen molar-refractivity contribution in [1.29, 1.82) is 0 Å². The van der Waals surface area contributed by atoms with Crippen LogP contribution in [-0.4, -0.2) is 37.9 Å². The third kappa shape index (κ3) is 4.09. The molecule has 0 spiro atoms. The molecule has 1 unspecified atom stereocenters. The van der Waals surface area contributed by atoms with E-state index in [2.05, 4.69) is 10.2 Å². The van der Waals surface area contributed by atoms with Gasteiger partial charge in [0.25, 0.3) is 0 Å². The molecular formula is C9H17N3O2S. The quantitative estimate of drug-likeness (QED) is 0.680. The van der Waals surface area contributed by atoms with Crippen LogP contribution in [0.2, 0.25) is 0 Å². The molecule has 1 aromatic heterocycles. The number of rotatable bonds is 6. The fraction of sp³-hybridized carbons (Fsp3) is 0.778. The van der Waals surface area contributed by atoms with E-state index in [4.69, 9.17) is 4.74 Å². The van der Waals surface area contributed by atoms with Crippen molar-refractivity contribution in [3.8, 4) is 0 Å². The van der Waals surface area contributed by atoms with Crippen molar-refractivity contribution in [2.24, 2.45) is 0 Å². The number of nitrogens with zero attached hydrogens (tertiary/aromatic N) is 3. The molecule has 0 amide bonds. The van der Waals surface area contributed by atoms with Crippen LogP contribution in [0.25, 0.3) is 0 Å². The Bertz CT molecular complexity index is 325. The molecule has 0 fully saturated rings. The molecule has 1 atom stereocenters. The van der Waals surface area contributed by atoms with Crippen LogP contribution >= 0.6 is 0 Å². The predicted molar refractivity (Wildman–Crippen MR) is 58.1 cm³/mol. The Morgan fingerprint density at radius 1 is 1.60 bits per heavy atom. The fourth-order valence-corrected chi connectivity index (χ4v) is 1.81. The third-order valence-corrected chi connectivity index (χ3v) is 2.66. The zero-order chi connectivity index (χ0) is 11.3. The molecule has 0 bridgehead atoms. The molecule has 0 N–H and O–H groups in total. The highest BCUT2D eigenvalue weighted by Gasteiger charge is 2.07. The minimum absolute atomic E-state index is 0.255. The first-order valence-electron chi connectivity index (χ1n) is 4.94. The van der Waals surface area contributed by atoms with Crippen molar-refractivity contribution in [2.45, 2.75) is 38.1 Å². The van der Waals surface area contributed by atoms with Crippen LogP contribution in [0.3, 0.4) is 0 Å². The van der Waals surface area contributed by atoms with Crippen LogP contribution in [0.15, 0.2) is 11.5 Å². The van der Waals surface area contributed by atoms with E-state index >= 15 is 0 Å². The highest BCUT2D eigenvalue weighted by Crippen LogP contribution is 2.02. The Labute approximate surface area is 92.3 Å². The van der Waals surface area contributed by atoms with Gasteiger partial charge in [-0.05, 0) is 20.3 Å². The number of ether oxygens (including phenoxy) is 1. The van der Waals surface area contributed by atoms with E-state index in [0.29, 0.717) is 11.8 Å². The summed E-state index contributed by atoms with van der Waals surface area (Å²) in [5, 5.41) is 8.07. The summed E-state index contributed by atoms with van der Waals surface area (Å²) in [4.78, 5) is 0. The Morgan fingerprint density at radius 3 is 2.93 bits per heavy atom. The van der Waals surface area contributed by atoms with Gasteiger partial charge in [0.05, 0.1) is 16.9 Å². The van der Waals surface area contributed by atoms with Crippen LogP contribution < -0.4 is 0 Å². The lowest BCUT2D eigenvalue weighted by Crippen LogP contribution is -2.09. The zero-order valence-electron chi connectivity index (χ0n) is 9.34. The minimum atomic E-state index is -1.08. The summed E-state index contributed by atoms with van der Waals surface area (Å²) in [5.41, 5.74) is 0. The first-order chi connectivity index (χ1) is 7.11. The van der Waals surface area contributed by atoms with Gasteiger partial charge < -0.3 is 9.30 Å². The van der Waals surface area contributed by atoms with Gasteiger partial charge in [0.15, 0.2) is 0 Å². The molecule has 0 aliphatic rings. The van der Waals surface area contributed by atoms with Crippen molar-refractivity contribution in [3.63, 3.8) is 0 Å². The summed E-state index contributed by atoms with van der Waals surface area (Å²) in [6.45, 7) is 5.46. The lowest BCUT2D eigenvalue weighted by atomic mass is 10.4. The first-order valence-corrected chi connectivity index (χ1v) is 6.50. The molecule has 86 valence electrons. The largest absolute Gasteiger partial charge is 0.379 e. The molecule has 15 heavy (non-hydrogen) atoms. The molecule has 6 heteroatoms. The third-order valence-electron chi connectivity index (χ3n) is 1.83. The number of hydrogen-bond donors (Lipinski definition) is 0. The van der Waals surface area contributed by atoms with Gasteiger partial charge in [0.1, 0.15) is 6.33 Å². The molecule has 0 aliphatic heterocycles. The summed E-state index contributed by atoms with van der Waals surface area (Å²) >= 11 is 0. The summed E-state index contributed by atoms with van der Waals surface area (Å²) in [7, 11) is -1.08. The van der Waals surface area contributed by atoms with Crippen molar-refractivity contribution in [3.05, 3.63) is 6.33 Å². The molecule has 0 radical (unpaired) electrons. The van der Waals surface area contributed by atoms with E-state index in [9.17, 15) is 4.21 Å². The van der Waals surface area contributed by atoms with Crippen LogP contribution in [-0.2, 0) is 22.1 Å². The van der Waals surface area contributed by atoms with Gasteiger partial charge in [-0.2, -0.15) is 0 Å². The standard InChI is InChI=1S/C9H17N3O2S/c1-8(2)14-6-4-5-12-7-10-11-9(12)15(3)13/h7-8H,4-6H2,1-3H3. The second-order valence-electron chi connectivity index (χ2n) is 3.53. The van der Waals surface area contributed by atoms with E-state index in [1.165, 1.54) is 0 Å². The Morgan fingerprint density at radius 2 is 2.33 bits per heavy atom. The van der Waals surface area contributed by atoms with Gasteiger partial charge in [-0.15, -0.1) is 10.2 Å². The van der Waals surface area contributed by atoms with Gasteiger partial charge in [0.2, 0.25) is 5.16 Å². The van der Waals surface area contributed by atoms with E-state index in [0.717, 1.165) is 13.0 Å². The van der Waals surface area contributed by atoms with Gasteiger partial charge in [-0.25, -0.2) is 0 Å². The highest BCUT2D eigenvalue weighted by molar-refractivity contribution is 7.84. The second kappa shape index (κ2) is 5.97. The molecule has 0 aromatic carbocycles. The normalized spacial score (nSPS) is 13.3. The summed E-state index contributed by atoms with van der Waals surface area (Å²) in [6.07, 6.45) is 4.34. The monoisotopic (exact) mass is 231 g/mol. The fourth-order valence-electron chi connectivity index (χ4n) is 1.17. The summed E-state index contributed by atoms with van der Waals surface area (Å²) in [6, 6.07) is 0. The number of aromatic nitrogens is 3. The Hall–Kier alpha value is -0.750. The average Bonchev–Trinajstić information content (AvgIpc) is 2.60. The SMILES string of the molecule is CC(C)OCCCn1cnnc1S(C)=O. The van der Waals surface area contributed by atoms with E-state index < -0.39 is 10.8 Å². The molecular weight excluding hydrogens is 214 g/mol. The van der Waals surface area contributed by atoms with E-state index in [1.54, 1.807) is 17.2 Å². The highest BCUT2D eigenvalue weighted by atomic mass is 32.2. The smallest absolute Gasteiger partial charge is 0.221 e. The molecule has 1 aromatic rings. The first kappa shape index (κ1) is 12.3. The van der Waals surface area contributed by atoms with Crippen molar-refractivity contribution >= 4 is 10.8 Å². The lowest BCUT2D eigenvalue weighted by molar-refractivity contribution is 0.0745. The van der Waals surface area contributed by atoms with Crippen LogP contribution in [0.4, 0.5) is 0 Å². The lowest BCUT2D eigenvalue weighted by Gasteiger charge is -2.08. The molecule has 1 heterocycles. The van der Waals surface area contributed by atoms with Crippen LogP contribution in [0, 0.1) is 0 Å². The minimum Gasteiger partial charge on any atom is -0.379 e. The molecule has 1 rings (SSSR count). The van der Waals surface area contributed by atoms with Crippen LogP contribution in [0.1, 0.15) is 20.3 Å². The zero-order valence-corrected chi connectivity index (χ0v) is 10.2. The van der Waals surface area contributed by atoms with Crippen molar-refractivity contribution in [2.75, 3.05) is 12.9 Å². The maximum Gasteiger partial charge on any atom is 0.221 e. The summed E-state index contributed by atoms with van der Waals surface area (Å²) in [5.74, 6) is 0. The van der Waals surface area contributed by atoms with E-state index in [1.807, 2.05) is 13.8 Å². The molecule has 5 nitrogen and oxygen atoms in total. The molecule has 0 saturated carbocycles. The maximum absolute atomic E-state index is 11.2. The second-order valence-corrected chi connectivity index (χ2v) is 4.81. The topological polar surface area (TPSA) is 57.0 Å². The van der Waals surface area contributed by atoms with E-state index in [-0.39, 0.29) is 6.10 Å². The molecule has 0 saturated heterocycles. The van der Waals surface area contributed by atoms with Crippen molar-refractivity contribution < 1.29 is 8.95 Å². The average molecular weight is 231 g/mol. The maximum atomic E-state index is 11.2. The Kier molecular flexibility index (Phi) is 4.90. The summed E-state index contributed by atoms with van der Waals surface area (Å²) < 4.78 is 18.4. The van der Waals surface area contributed by atoms with Gasteiger partial charge in [-0.1, -0.05) is 0 Å². The van der Waals surface area contributed by atoms with Crippen molar-refractivity contribution in [1.82, 2.24) is 14.8 Å². The Balaban J connectivity index is 2.37. The van der Waals surface area contributed by atoms with Gasteiger partial charge in [-0.3, -0.25) is 4.21 Å². The van der Waals surface area contributed by atoms with Gasteiger partial charge in [0, 0.05) is 19.4 Å². The number of hydrogen-bond acceptors (Lipinski definition) is 4. The molecule has 0 aliphatic carbocycles.